The zero-order valence-electron chi connectivity index (χ0n) is 22.6. The number of hydrogen-bond donors (Lipinski definition) is 2. The van der Waals surface area contributed by atoms with Crippen molar-refractivity contribution in [3.8, 4) is 11.1 Å². The third-order valence-corrected chi connectivity index (χ3v) is 7.34. The summed E-state index contributed by atoms with van der Waals surface area (Å²) in [6, 6.07) is 34.0. The average Bonchev–Trinajstić information content (AvgIpc) is 3.32. The Labute approximate surface area is 239 Å². The molecule has 0 fully saturated rings. The third-order valence-electron chi connectivity index (χ3n) is 7.34. The van der Waals surface area contributed by atoms with Crippen molar-refractivity contribution < 1.29 is 24.2 Å². The van der Waals surface area contributed by atoms with Crippen molar-refractivity contribution in [1.29, 1.82) is 0 Å². The lowest BCUT2D eigenvalue weighted by Crippen LogP contribution is -2.50. The first-order valence-corrected chi connectivity index (χ1v) is 13.7. The molecule has 1 aliphatic carbocycles. The van der Waals surface area contributed by atoms with Crippen LogP contribution >= 0.6 is 0 Å². The van der Waals surface area contributed by atoms with Gasteiger partial charge in [-0.15, -0.1) is 0 Å². The number of ether oxygens (including phenoxy) is 1. The van der Waals surface area contributed by atoms with E-state index in [9.17, 15) is 19.5 Å². The number of carboxylic acid groups (broad SMARTS) is 1. The van der Waals surface area contributed by atoms with Crippen molar-refractivity contribution in [1.82, 2.24) is 10.2 Å². The molecule has 0 saturated heterocycles. The number of nitrogens with zero attached hydrogens (tertiary/aromatic N) is 1. The van der Waals surface area contributed by atoms with Gasteiger partial charge >= 0.3 is 12.1 Å². The van der Waals surface area contributed by atoms with E-state index in [0.717, 1.165) is 33.4 Å². The third kappa shape index (κ3) is 6.81. The monoisotopic (exact) mass is 548 g/mol. The van der Waals surface area contributed by atoms with Gasteiger partial charge in [0.05, 0.1) is 6.42 Å². The maximum absolute atomic E-state index is 13.9. The molecule has 1 atom stereocenters. The molecule has 208 valence electrons. The second kappa shape index (κ2) is 13.0. The van der Waals surface area contributed by atoms with Crippen LogP contribution in [0.1, 0.15) is 34.6 Å². The number of hydrogen-bond acceptors (Lipinski definition) is 4. The van der Waals surface area contributed by atoms with E-state index in [-0.39, 0.29) is 44.4 Å². The fourth-order valence-electron chi connectivity index (χ4n) is 5.35. The minimum Gasteiger partial charge on any atom is -0.481 e. The number of alkyl carbamates (subject to hydrolysis) is 1. The molecule has 0 saturated carbocycles. The zero-order chi connectivity index (χ0) is 28.6. The van der Waals surface area contributed by atoms with Gasteiger partial charge in [0.2, 0.25) is 5.91 Å². The van der Waals surface area contributed by atoms with Gasteiger partial charge in [0.25, 0.3) is 0 Å². The van der Waals surface area contributed by atoms with Gasteiger partial charge < -0.3 is 20.1 Å². The number of carbonyl (C=O) groups excluding carboxylic acids is 2. The van der Waals surface area contributed by atoms with Gasteiger partial charge in [0.1, 0.15) is 12.6 Å². The maximum Gasteiger partial charge on any atom is 0.407 e. The molecule has 2 amide bonds. The number of aliphatic carboxylic acids is 1. The topological polar surface area (TPSA) is 95.9 Å². The lowest BCUT2D eigenvalue weighted by molar-refractivity contribution is -0.139. The number of carbonyl (C=O) groups is 3. The highest BCUT2D eigenvalue weighted by molar-refractivity contribution is 5.86. The van der Waals surface area contributed by atoms with Gasteiger partial charge in [-0.25, -0.2) is 4.79 Å². The van der Waals surface area contributed by atoms with Crippen molar-refractivity contribution in [3.63, 3.8) is 0 Å². The predicted octanol–water partition coefficient (Wildman–Crippen LogP) is 5.64. The fraction of sp³-hybridized carbons (Fsp3) is 0.206. The SMILES string of the molecule is O=C(O)CCN(Cc1ccccc1)C(=O)C(Cc1ccccc1)NC(=O)OCC1c2ccccc2-c2ccccc21. The molecule has 0 spiro atoms. The summed E-state index contributed by atoms with van der Waals surface area (Å²) in [4.78, 5) is 39.9. The summed E-state index contributed by atoms with van der Waals surface area (Å²) in [5.41, 5.74) is 6.18. The van der Waals surface area contributed by atoms with E-state index < -0.39 is 18.1 Å². The summed E-state index contributed by atoms with van der Waals surface area (Å²) in [5, 5.41) is 12.1. The van der Waals surface area contributed by atoms with Crippen LogP contribution < -0.4 is 5.32 Å². The van der Waals surface area contributed by atoms with Crippen LogP contribution in [0.15, 0.2) is 109 Å². The highest BCUT2D eigenvalue weighted by Gasteiger charge is 2.31. The van der Waals surface area contributed by atoms with Crippen LogP contribution in [0.2, 0.25) is 0 Å². The van der Waals surface area contributed by atoms with E-state index in [1.807, 2.05) is 97.1 Å². The van der Waals surface area contributed by atoms with Crippen molar-refractivity contribution in [2.24, 2.45) is 0 Å². The van der Waals surface area contributed by atoms with Gasteiger partial charge in [-0.05, 0) is 33.4 Å². The Balaban J connectivity index is 1.33. The molecule has 0 radical (unpaired) electrons. The Kier molecular flexibility index (Phi) is 8.74. The molecule has 0 aliphatic heterocycles. The van der Waals surface area contributed by atoms with E-state index in [4.69, 9.17) is 4.74 Å². The van der Waals surface area contributed by atoms with Gasteiger partial charge in [0, 0.05) is 25.4 Å². The Bertz CT molecular complexity index is 1460. The lowest BCUT2D eigenvalue weighted by Gasteiger charge is -2.28. The first-order chi connectivity index (χ1) is 20.0. The van der Waals surface area contributed by atoms with Crippen LogP contribution in [0.3, 0.4) is 0 Å². The van der Waals surface area contributed by atoms with Gasteiger partial charge in [-0.1, -0.05) is 109 Å². The average molecular weight is 549 g/mol. The number of rotatable bonds is 11. The smallest absolute Gasteiger partial charge is 0.407 e. The molecule has 2 N–H and O–H groups in total. The molecule has 41 heavy (non-hydrogen) atoms. The molecular formula is C34H32N2O5. The summed E-state index contributed by atoms with van der Waals surface area (Å²) in [6.45, 7) is 0.365. The van der Waals surface area contributed by atoms with Gasteiger partial charge in [-0.3, -0.25) is 9.59 Å². The predicted molar refractivity (Wildman–Crippen MR) is 156 cm³/mol. The highest BCUT2D eigenvalue weighted by atomic mass is 16.5. The first-order valence-electron chi connectivity index (χ1n) is 13.7. The Morgan fingerprint density at radius 1 is 0.756 bits per heavy atom. The van der Waals surface area contributed by atoms with Crippen LogP contribution in [0.5, 0.6) is 0 Å². The standard InChI is InChI=1S/C34H32N2O5/c37-32(38)19-20-36(22-25-13-5-2-6-14-25)33(39)31(21-24-11-3-1-4-12-24)35-34(40)41-23-30-28-17-9-7-15-26(28)27-16-8-10-18-29(27)30/h1-18,30-31H,19-23H2,(H,35,40)(H,37,38). The lowest BCUT2D eigenvalue weighted by atomic mass is 9.98. The first kappa shape index (κ1) is 27.6. The Morgan fingerprint density at radius 2 is 1.29 bits per heavy atom. The van der Waals surface area contributed by atoms with E-state index in [0.29, 0.717) is 0 Å². The Morgan fingerprint density at radius 3 is 1.88 bits per heavy atom. The van der Waals surface area contributed by atoms with Gasteiger partial charge in [0.15, 0.2) is 0 Å². The van der Waals surface area contributed by atoms with Crippen LogP contribution in [0.4, 0.5) is 4.79 Å². The molecule has 4 aromatic rings. The Hall–Kier alpha value is -4.91. The fourth-order valence-corrected chi connectivity index (χ4v) is 5.35. The minimum atomic E-state index is -1.00. The number of carboxylic acids is 1. The molecule has 1 aliphatic rings. The number of fused-ring (bicyclic) bond motifs is 3. The number of nitrogens with one attached hydrogen (secondary N) is 1. The van der Waals surface area contributed by atoms with Crippen molar-refractivity contribution in [2.45, 2.75) is 31.3 Å². The largest absolute Gasteiger partial charge is 0.481 e. The molecule has 7 heteroatoms. The number of benzene rings is 4. The van der Waals surface area contributed by atoms with Crippen molar-refractivity contribution >= 4 is 18.0 Å². The summed E-state index contributed by atoms with van der Waals surface area (Å²) in [7, 11) is 0. The molecule has 0 heterocycles. The molecular weight excluding hydrogens is 516 g/mol. The molecule has 1 unspecified atom stereocenters. The normalized spacial score (nSPS) is 12.6. The van der Waals surface area contributed by atoms with Crippen LogP contribution in [0.25, 0.3) is 11.1 Å². The van der Waals surface area contributed by atoms with Crippen LogP contribution in [-0.2, 0) is 27.3 Å². The molecule has 0 bridgehead atoms. The summed E-state index contributed by atoms with van der Waals surface area (Å²) < 4.78 is 5.74. The minimum absolute atomic E-state index is 0.0146. The summed E-state index contributed by atoms with van der Waals surface area (Å²) in [6.07, 6.45) is -0.664. The molecule has 5 rings (SSSR count). The maximum atomic E-state index is 13.9. The second-order valence-corrected chi connectivity index (χ2v) is 10.1. The quantitative estimate of drug-likeness (QED) is 0.253. The second-order valence-electron chi connectivity index (χ2n) is 10.1. The van der Waals surface area contributed by atoms with E-state index in [1.165, 1.54) is 4.90 Å². The summed E-state index contributed by atoms with van der Waals surface area (Å²) in [5.74, 6) is -1.48. The molecule has 7 nitrogen and oxygen atoms in total. The summed E-state index contributed by atoms with van der Waals surface area (Å²) >= 11 is 0. The van der Waals surface area contributed by atoms with E-state index >= 15 is 0 Å². The van der Waals surface area contributed by atoms with E-state index in [2.05, 4.69) is 17.4 Å². The van der Waals surface area contributed by atoms with Crippen molar-refractivity contribution in [3.05, 3.63) is 131 Å². The van der Waals surface area contributed by atoms with Gasteiger partial charge in [-0.2, -0.15) is 0 Å². The van der Waals surface area contributed by atoms with Crippen molar-refractivity contribution in [2.75, 3.05) is 13.2 Å². The van der Waals surface area contributed by atoms with E-state index in [1.54, 1.807) is 0 Å². The molecule has 4 aromatic carbocycles. The number of amides is 2. The van der Waals surface area contributed by atoms with Crippen LogP contribution in [-0.4, -0.2) is 47.2 Å². The molecule has 0 aromatic heterocycles. The van der Waals surface area contributed by atoms with Crippen LogP contribution in [0, 0.1) is 0 Å². The highest BCUT2D eigenvalue weighted by Crippen LogP contribution is 2.44. The zero-order valence-corrected chi connectivity index (χ0v) is 22.6.